The predicted octanol–water partition coefficient (Wildman–Crippen LogP) is 3.90. The average Bonchev–Trinajstić information content (AvgIpc) is 2.65. The molecule has 1 heterocycles. The highest BCUT2D eigenvalue weighted by molar-refractivity contribution is 5.62. The zero-order valence-electron chi connectivity index (χ0n) is 14.2. The van der Waals surface area contributed by atoms with Gasteiger partial charge in [0.15, 0.2) is 11.5 Å². The first kappa shape index (κ1) is 15.2. The topological polar surface area (TPSA) is 69.9 Å². The second-order valence-electron chi connectivity index (χ2n) is 7.54. The van der Waals surface area contributed by atoms with E-state index in [4.69, 9.17) is 4.74 Å². The normalized spacial score (nSPS) is 20.5. The molecule has 2 aromatic carbocycles. The van der Waals surface area contributed by atoms with Crippen LogP contribution < -0.4 is 4.74 Å². The van der Waals surface area contributed by atoms with E-state index in [1.807, 2.05) is 32.9 Å². The molecule has 2 aromatic rings. The molecule has 4 rings (SSSR count). The molecule has 0 saturated carbocycles. The molecule has 1 aliphatic heterocycles. The molecule has 0 bridgehead atoms. The van der Waals surface area contributed by atoms with Crippen molar-refractivity contribution in [3.8, 4) is 23.0 Å². The predicted molar refractivity (Wildman–Crippen MR) is 91.2 cm³/mol. The Morgan fingerprint density at radius 1 is 1.08 bits per heavy atom. The average molecular weight is 326 g/mol. The Kier molecular flexibility index (Phi) is 3.05. The molecule has 126 valence electrons. The molecule has 0 saturated heterocycles. The number of aromatic hydroxyl groups is 3. The lowest BCUT2D eigenvalue weighted by Crippen LogP contribution is -2.36. The molecular formula is C20H22O4. The maximum absolute atomic E-state index is 10.4. The van der Waals surface area contributed by atoms with Crippen molar-refractivity contribution in [3.05, 3.63) is 46.0 Å². The number of rotatable bonds is 0. The van der Waals surface area contributed by atoms with Crippen molar-refractivity contribution in [2.45, 2.75) is 51.6 Å². The van der Waals surface area contributed by atoms with Gasteiger partial charge in [-0.2, -0.15) is 0 Å². The second kappa shape index (κ2) is 4.82. The second-order valence-corrected chi connectivity index (χ2v) is 7.54. The van der Waals surface area contributed by atoms with Gasteiger partial charge in [-0.05, 0) is 63.3 Å². The van der Waals surface area contributed by atoms with Crippen LogP contribution in [0.4, 0.5) is 0 Å². The summed E-state index contributed by atoms with van der Waals surface area (Å²) in [7, 11) is 0. The van der Waals surface area contributed by atoms with Crippen LogP contribution >= 0.6 is 0 Å². The van der Waals surface area contributed by atoms with Gasteiger partial charge in [0, 0.05) is 22.6 Å². The van der Waals surface area contributed by atoms with Crippen molar-refractivity contribution in [3.63, 3.8) is 0 Å². The molecule has 1 aliphatic carbocycles. The number of phenols is 3. The Bertz CT molecular complexity index is 851. The number of phenolic OH excluding ortho intramolecular Hbond substituents is 3. The summed E-state index contributed by atoms with van der Waals surface area (Å²) >= 11 is 0. The van der Waals surface area contributed by atoms with Crippen LogP contribution in [0.15, 0.2) is 18.2 Å². The van der Waals surface area contributed by atoms with Gasteiger partial charge in [0.1, 0.15) is 17.1 Å². The molecule has 0 spiro atoms. The summed E-state index contributed by atoms with van der Waals surface area (Å²) in [6.45, 7) is 5.97. The molecule has 3 N–H and O–H groups in total. The number of ether oxygens (including phenoxy) is 1. The molecule has 0 aromatic heterocycles. The first-order valence-electron chi connectivity index (χ1n) is 8.36. The minimum Gasteiger partial charge on any atom is -0.508 e. The van der Waals surface area contributed by atoms with Crippen LogP contribution in [-0.2, 0) is 12.8 Å². The van der Waals surface area contributed by atoms with Crippen molar-refractivity contribution in [2.75, 3.05) is 0 Å². The van der Waals surface area contributed by atoms with Crippen LogP contribution in [0.1, 0.15) is 54.0 Å². The minimum absolute atomic E-state index is 0.0212. The highest BCUT2D eigenvalue weighted by atomic mass is 16.5. The highest BCUT2D eigenvalue weighted by Crippen LogP contribution is 2.53. The van der Waals surface area contributed by atoms with Gasteiger partial charge in [-0.1, -0.05) is 6.07 Å². The maximum Gasteiger partial charge on any atom is 0.160 e. The summed E-state index contributed by atoms with van der Waals surface area (Å²) in [5.74, 6) is 1.00. The number of aryl methyl sites for hydroxylation is 1. The lowest BCUT2D eigenvalue weighted by molar-refractivity contribution is 0.0758. The van der Waals surface area contributed by atoms with Crippen LogP contribution in [0.3, 0.4) is 0 Å². The van der Waals surface area contributed by atoms with E-state index >= 15 is 0 Å². The Hall–Kier alpha value is -2.36. The van der Waals surface area contributed by atoms with Crippen molar-refractivity contribution in [1.82, 2.24) is 0 Å². The largest absolute Gasteiger partial charge is 0.508 e. The van der Waals surface area contributed by atoms with Crippen molar-refractivity contribution in [2.24, 2.45) is 0 Å². The van der Waals surface area contributed by atoms with Crippen LogP contribution in [0.25, 0.3) is 0 Å². The quantitative estimate of drug-likeness (QED) is 0.642. The third-order valence-electron chi connectivity index (χ3n) is 5.37. The molecule has 0 fully saturated rings. The van der Waals surface area contributed by atoms with Crippen LogP contribution in [0, 0.1) is 6.92 Å². The Balaban J connectivity index is 2.03. The number of fused-ring (bicyclic) bond motifs is 2. The van der Waals surface area contributed by atoms with Crippen LogP contribution in [0.2, 0.25) is 0 Å². The van der Waals surface area contributed by atoms with E-state index in [0.29, 0.717) is 12.8 Å². The summed E-state index contributed by atoms with van der Waals surface area (Å²) in [5, 5.41) is 30.6. The third-order valence-corrected chi connectivity index (χ3v) is 5.37. The van der Waals surface area contributed by atoms with Gasteiger partial charge in [-0.15, -0.1) is 0 Å². The van der Waals surface area contributed by atoms with Gasteiger partial charge in [0.05, 0.1) is 0 Å². The van der Waals surface area contributed by atoms with E-state index in [0.717, 1.165) is 40.0 Å². The SMILES string of the molecule is Cc1c(O)cc2c3c1OC(C)(C)C[C@H]3c1ccc(O)c(O)c1CC2. The highest BCUT2D eigenvalue weighted by Gasteiger charge is 2.40. The fourth-order valence-corrected chi connectivity index (χ4v) is 4.20. The van der Waals surface area contributed by atoms with E-state index in [1.165, 1.54) is 0 Å². The minimum atomic E-state index is -0.372. The molecular weight excluding hydrogens is 304 g/mol. The zero-order valence-corrected chi connectivity index (χ0v) is 14.2. The first-order chi connectivity index (χ1) is 11.3. The van der Waals surface area contributed by atoms with Gasteiger partial charge >= 0.3 is 0 Å². The van der Waals surface area contributed by atoms with Gasteiger partial charge in [-0.3, -0.25) is 0 Å². The Labute approximate surface area is 141 Å². The van der Waals surface area contributed by atoms with Crippen molar-refractivity contribution < 1.29 is 20.1 Å². The summed E-state index contributed by atoms with van der Waals surface area (Å²) in [4.78, 5) is 0. The molecule has 0 amide bonds. The van der Waals surface area contributed by atoms with Gasteiger partial charge in [0.2, 0.25) is 0 Å². The summed E-state index contributed by atoms with van der Waals surface area (Å²) < 4.78 is 6.23. The van der Waals surface area contributed by atoms with Gasteiger partial charge in [0.25, 0.3) is 0 Å². The van der Waals surface area contributed by atoms with E-state index in [-0.39, 0.29) is 28.8 Å². The van der Waals surface area contributed by atoms with Gasteiger partial charge < -0.3 is 20.1 Å². The smallest absolute Gasteiger partial charge is 0.160 e. The molecule has 2 aliphatic rings. The summed E-state index contributed by atoms with van der Waals surface area (Å²) in [5.41, 5.74) is 4.42. The monoisotopic (exact) mass is 326 g/mol. The molecule has 4 nitrogen and oxygen atoms in total. The van der Waals surface area contributed by atoms with Crippen LogP contribution in [-0.4, -0.2) is 20.9 Å². The number of benzene rings is 2. The maximum atomic E-state index is 10.4. The van der Waals surface area contributed by atoms with E-state index < -0.39 is 0 Å². The summed E-state index contributed by atoms with van der Waals surface area (Å²) in [6.07, 6.45) is 2.11. The molecule has 4 heteroatoms. The lowest BCUT2D eigenvalue weighted by Gasteiger charge is -2.39. The fraction of sp³-hybridized carbons (Fsp3) is 0.400. The van der Waals surface area contributed by atoms with E-state index in [1.54, 1.807) is 6.07 Å². The summed E-state index contributed by atoms with van der Waals surface area (Å²) in [6, 6.07) is 5.30. The lowest BCUT2D eigenvalue weighted by atomic mass is 9.77. The first-order valence-corrected chi connectivity index (χ1v) is 8.36. The van der Waals surface area contributed by atoms with Crippen molar-refractivity contribution in [1.29, 1.82) is 0 Å². The van der Waals surface area contributed by atoms with Crippen LogP contribution in [0.5, 0.6) is 23.0 Å². The van der Waals surface area contributed by atoms with Crippen molar-refractivity contribution >= 4 is 0 Å². The number of hydrogen-bond donors (Lipinski definition) is 3. The molecule has 0 unspecified atom stereocenters. The molecule has 24 heavy (non-hydrogen) atoms. The molecule has 0 radical (unpaired) electrons. The van der Waals surface area contributed by atoms with E-state index in [9.17, 15) is 15.3 Å². The number of hydrogen-bond acceptors (Lipinski definition) is 4. The fourth-order valence-electron chi connectivity index (χ4n) is 4.20. The Morgan fingerprint density at radius 2 is 1.83 bits per heavy atom. The zero-order chi connectivity index (χ0) is 17.2. The Morgan fingerprint density at radius 3 is 2.58 bits per heavy atom. The third kappa shape index (κ3) is 2.05. The van der Waals surface area contributed by atoms with E-state index in [2.05, 4.69) is 0 Å². The standard InChI is InChI=1S/C20H22O4/c1-10-16(22)8-11-4-5-13-12(6-7-15(21)18(13)23)14-9-20(2,3)24-19(10)17(11)14/h6-8,14,21-23H,4-5,9H2,1-3H3/t14-/m0/s1. The van der Waals surface area contributed by atoms with Gasteiger partial charge in [-0.25, -0.2) is 0 Å². The molecule has 1 atom stereocenters.